The average molecular weight is 160 g/mol. The Morgan fingerprint density at radius 2 is 1.90 bits per heavy atom. The number of likely N-dealkylation sites (tertiary alicyclic amines) is 1. The van der Waals surface area contributed by atoms with Gasteiger partial charge in [-0.1, -0.05) is 15.8 Å². The number of piperidine rings is 1. The quantitative estimate of drug-likeness (QED) is 0.616. The third kappa shape index (κ3) is 2.96. The van der Waals surface area contributed by atoms with Crippen LogP contribution in [0.5, 0.6) is 0 Å². The van der Waals surface area contributed by atoms with E-state index in [4.69, 9.17) is 0 Å². The van der Waals surface area contributed by atoms with Gasteiger partial charge in [-0.25, -0.2) is 0 Å². The zero-order chi connectivity index (χ0) is 7.23. The van der Waals surface area contributed by atoms with E-state index in [-0.39, 0.29) is 0 Å². The first-order valence-corrected chi connectivity index (χ1v) is 4.67. The highest BCUT2D eigenvalue weighted by molar-refractivity contribution is 7.13. The molecule has 10 heavy (non-hydrogen) atoms. The van der Waals surface area contributed by atoms with Crippen molar-refractivity contribution in [2.45, 2.75) is 19.3 Å². The van der Waals surface area contributed by atoms with Crippen molar-refractivity contribution in [1.82, 2.24) is 9.99 Å². The van der Waals surface area contributed by atoms with Crippen molar-refractivity contribution in [3.63, 3.8) is 0 Å². The third-order valence-corrected chi connectivity index (χ3v) is 2.31. The van der Waals surface area contributed by atoms with E-state index >= 15 is 0 Å². The predicted octanol–water partition coefficient (Wildman–Crippen LogP) is 0.852. The first kappa shape index (κ1) is 8.45. The molecule has 1 unspecified atom stereocenters. The minimum absolute atomic E-state index is 1.10. The summed E-state index contributed by atoms with van der Waals surface area (Å²) in [6.45, 7) is 4.94. The highest BCUT2D eigenvalue weighted by Gasteiger charge is 2.07. The number of rotatable bonds is 3. The van der Waals surface area contributed by atoms with Crippen LogP contribution < -0.4 is 5.09 Å². The number of nitrogens with zero attached hydrogens (tertiary/aromatic N) is 1. The lowest BCUT2D eigenvalue weighted by molar-refractivity contribution is 0.233. The molecule has 0 bridgehead atoms. The Morgan fingerprint density at radius 3 is 2.50 bits per heavy atom. The van der Waals surface area contributed by atoms with Gasteiger partial charge >= 0.3 is 0 Å². The van der Waals surface area contributed by atoms with Gasteiger partial charge < -0.3 is 4.90 Å². The van der Waals surface area contributed by atoms with Crippen LogP contribution in [-0.4, -0.2) is 31.1 Å². The van der Waals surface area contributed by atoms with Crippen LogP contribution in [-0.2, 0) is 0 Å². The van der Waals surface area contributed by atoms with Crippen LogP contribution in [0.3, 0.4) is 0 Å². The van der Waals surface area contributed by atoms with Gasteiger partial charge in [-0.2, -0.15) is 0 Å². The fourth-order valence-corrected chi connectivity index (χ4v) is 1.53. The molecule has 3 heteroatoms. The summed E-state index contributed by atoms with van der Waals surface area (Å²) in [5.74, 6) is 0. The van der Waals surface area contributed by atoms with Gasteiger partial charge in [-0.3, -0.25) is 5.09 Å². The molecule has 1 heterocycles. The second-order valence-corrected chi connectivity index (χ2v) is 3.26. The minimum atomic E-state index is 1.10. The molecule has 60 valence electrons. The molecule has 1 fully saturated rings. The summed E-state index contributed by atoms with van der Waals surface area (Å²) >= 11 is 0. The summed E-state index contributed by atoms with van der Waals surface area (Å²) in [6, 6.07) is 0. The van der Waals surface area contributed by atoms with Crippen molar-refractivity contribution in [3.8, 4) is 0 Å². The maximum absolute atomic E-state index is 3.09. The maximum Gasteiger partial charge on any atom is 0.0114 e. The Labute approximate surface area is 65.6 Å². The number of hydrogen-bond donors (Lipinski definition) is 1. The molecule has 2 nitrogen and oxygen atoms in total. The second-order valence-electron chi connectivity index (χ2n) is 2.86. The molecule has 1 N–H and O–H groups in total. The van der Waals surface area contributed by atoms with Crippen LogP contribution in [0.25, 0.3) is 0 Å². The molecule has 0 spiro atoms. The van der Waals surface area contributed by atoms with Gasteiger partial charge in [-0.15, -0.1) is 0 Å². The Bertz CT molecular complexity index is 81.7. The van der Waals surface area contributed by atoms with E-state index < -0.39 is 0 Å². The number of nitrogens with one attached hydrogen (secondary N) is 1. The van der Waals surface area contributed by atoms with Gasteiger partial charge in [0, 0.05) is 13.1 Å². The van der Waals surface area contributed by atoms with Crippen molar-refractivity contribution in [1.29, 1.82) is 0 Å². The summed E-state index contributed by atoms with van der Waals surface area (Å²) in [5.41, 5.74) is 0. The second kappa shape index (κ2) is 5.06. The third-order valence-electron chi connectivity index (χ3n) is 2.02. The number of hydrogen-bond acceptors (Lipinski definition) is 2. The molecule has 1 atom stereocenters. The molecule has 0 amide bonds. The van der Waals surface area contributed by atoms with E-state index in [1.807, 2.05) is 0 Å². The van der Waals surface area contributed by atoms with Crippen LogP contribution in [0.4, 0.5) is 0 Å². The Kier molecular flexibility index (Phi) is 4.27. The molecular weight excluding hydrogens is 143 g/mol. The van der Waals surface area contributed by atoms with Gasteiger partial charge in [0.25, 0.3) is 0 Å². The lowest BCUT2D eigenvalue weighted by Gasteiger charge is -2.25. The van der Waals surface area contributed by atoms with E-state index in [2.05, 4.69) is 19.4 Å². The van der Waals surface area contributed by atoms with Gasteiger partial charge in [-0.05, 0) is 25.9 Å². The SMILES string of the molecule is PNCCN1CCCCC1. The normalized spacial score (nSPS) is 21.3. The van der Waals surface area contributed by atoms with Crippen molar-refractivity contribution in [2.75, 3.05) is 26.2 Å². The zero-order valence-corrected chi connectivity index (χ0v) is 7.63. The van der Waals surface area contributed by atoms with E-state index in [0.717, 1.165) is 6.54 Å². The lowest BCUT2D eigenvalue weighted by Crippen LogP contribution is -2.33. The molecule has 0 aromatic rings. The fraction of sp³-hybridized carbons (Fsp3) is 1.00. The van der Waals surface area contributed by atoms with Gasteiger partial charge in [0.15, 0.2) is 0 Å². The molecule has 0 aromatic heterocycles. The zero-order valence-electron chi connectivity index (χ0n) is 6.47. The van der Waals surface area contributed by atoms with Crippen molar-refractivity contribution < 1.29 is 0 Å². The summed E-state index contributed by atoms with van der Waals surface area (Å²) in [5, 5.41) is 3.09. The van der Waals surface area contributed by atoms with Crippen LogP contribution in [0.15, 0.2) is 0 Å². The standard InChI is InChI=1S/C7H17N2P/c10-8-4-7-9-5-2-1-3-6-9/h8H,1-7,10H2. The first-order valence-electron chi connectivity index (χ1n) is 4.09. The van der Waals surface area contributed by atoms with Gasteiger partial charge in [0.2, 0.25) is 0 Å². The molecule has 0 radical (unpaired) electrons. The van der Waals surface area contributed by atoms with Crippen molar-refractivity contribution in [3.05, 3.63) is 0 Å². The van der Waals surface area contributed by atoms with Crippen molar-refractivity contribution >= 4 is 9.39 Å². The largest absolute Gasteiger partial charge is 0.302 e. The minimum Gasteiger partial charge on any atom is -0.302 e. The molecule has 0 aromatic carbocycles. The summed E-state index contributed by atoms with van der Waals surface area (Å²) in [7, 11) is 2.54. The Hall–Kier alpha value is 0.350. The van der Waals surface area contributed by atoms with Crippen LogP contribution in [0.2, 0.25) is 0 Å². The molecular formula is C7H17N2P. The average Bonchev–Trinajstić information content (AvgIpc) is 2.03. The van der Waals surface area contributed by atoms with E-state index in [1.54, 1.807) is 0 Å². The molecule has 1 rings (SSSR count). The highest BCUT2D eigenvalue weighted by Crippen LogP contribution is 2.07. The molecule has 1 aliphatic rings. The van der Waals surface area contributed by atoms with Gasteiger partial charge in [0.1, 0.15) is 0 Å². The van der Waals surface area contributed by atoms with Crippen LogP contribution in [0.1, 0.15) is 19.3 Å². The van der Waals surface area contributed by atoms with Crippen molar-refractivity contribution in [2.24, 2.45) is 0 Å². The first-order chi connectivity index (χ1) is 4.93. The summed E-state index contributed by atoms with van der Waals surface area (Å²) in [4.78, 5) is 2.53. The smallest absolute Gasteiger partial charge is 0.0114 e. The van der Waals surface area contributed by atoms with E-state index in [1.165, 1.54) is 38.9 Å². The Balaban J connectivity index is 2.02. The summed E-state index contributed by atoms with van der Waals surface area (Å²) < 4.78 is 0. The summed E-state index contributed by atoms with van der Waals surface area (Å²) in [6.07, 6.45) is 4.23. The molecule has 0 aliphatic carbocycles. The monoisotopic (exact) mass is 160 g/mol. The molecule has 1 aliphatic heterocycles. The highest BCUT2D eigenvalue weighted by atomic mass is 31.0. The van der Waals surface area contributed by atoms with Crippen LogP contribution in [0, 0.1) is 0 Å². The lowest BCUT2D eigenvalue weighted by atomic mass is 10.1. The predicted molar refractivity (Wildman–Crippen MR) is 48.0 cm³/mol. The fourth-order valence-electron chi connectivity index (χ4n) is 1.41. The maximum atomic E-state index is 3.09. The van der Waals surface area contributed by atoms with E-state index in [0.29, 0.717) is 0 Å². The molecule has 1 saturated heterocycles. The van der Waals surface area contributed by atoms with E-state index in [9.17, 15) is 0 Å². The van der Waals surface area contributed by atoms with Gasteiger partial charge in [0.05, 0.1) is 0 Å². The topological polar surface area (TPSA) is 15.3 Å². The molecule has 0 saturated carbocycles. The Morgan fingerprint density at radius 1 is 1.20 bits per heavy atom. The van der Waals surface area contributed by atoms with Crippen LogP contribution >= 0.6 is 9.39 Å².